The van der Waals surface area contributed by atoms with E-state index in [9.17, 15) is 36.0 Å². The third-order valence-corrected chi connectivity index (χ3v) is 9.30. The second-order valence-corrected chi connectivity index (χ2v) is 13.2. The van der Waals surface area contributed by atoms with E-state index in [0.717, 1.165) is 6.26 Å². The Morgan fingerprint density at radius 1 is 1.09 bits per heavy atom. The molecule has 4 amide bonds. The summed E-state index contributed by atoms with van der Waals surface area (Å²) in [4.78, 5) is 59.8. The van der Waals surface area contributed by atoms with Crippen LogP contribution >= 0.6 is 0 Å². The highest BCUT2D eigenvalue weighted by molar-refractivity contribution is 7.90. The number of amides is 4. The Balaban J connectivity index is 1.21. The van der Waals surface area contributed by atoms with Crippen molar-refractivity contribution in [1.82, 2.24) is 40.9 Å². The fourth-order valence-electron chi connectivity index (χ4n) is 5.67. The van der Waals surface area contributed by atoms with Crippen LogP contribution in [-0.4, -0.2) is 82.2 Å². The summed E-state index contributed by atoms with van der Waals surface area (Å²) in [5.41, 5.74) is -0.0917. The molecule has 0 radical (unpaired) electrons. The van der Waals surface area contributed by atoms with Gasteiger partial charge in [-0.15, -0.1) is 0 Å². The molecule has 3 N–H and O–H groups in total. The summed E-state index contributed by atoms with van der Waals surface area (Å²) < 4.78 is 66.5. The number of fused-ring (bicyclic) bond motifs is 1. The number of carbonyl (C=O) groups excluding carboxylic acids is 3. The maximum Gasteiger partial charge on any atom is 0.396 e. The molecule has 6 heterocycles. The quantitative estimate of drug-likeness (QED) is 0.255. The van der Waals surface area contributed by atoms with Crippen LogP contribution in [0.2, 0.25) is 0 Å². The van der Waals surface area contributed by atoms with Crippen LogP contribution in [0.3, 0.4) is 0 Å². The predicted octanol–water partition coefficient (Wildman–Crippen LogP) is 2.09. The highest BCUT2D eigenvalue weighted by Gasteiger charge is 2.63. The Bertz CT molecular complexity index is 2060. The Morgan fingerprint density at radius 2 is 1.85 bits per heavy atom. The van der Waals surface area contributed by atoms with Crippen LogP contribution < -0.4 is 20.9 Å². The van der Waals surface area contributed by atoms with E-state index in [4.69, 9.17) is 0 Å². The van der Waals surface area contributed by atoms with Gasteiger partial charge in [-0.05, 0) is 43.7 Å². The van der Waals surface area contributed by atoms with E-state index in [2.05, 4.69) is 35.6 Å². The lowest BCUT2D eigenvalue weighted by molar-refractivity contribution is -0.196. The first-order valence-corrected chi connectivity index (χ1v) is 16.0. The molecule has 0 aromatic carbocycles. The lowest BCUT2D eigenvalue weighted by atomic mass is 9.77. The van der Waals surface area contributed by atoms with E-state index in [1.165, 1.54) is 30.3 Å². The number of sulfone groups is 1. The average Bonchev–Trinajstić information content (AvgIpc) is 3.30. The number of aryl methyl sites for hydroxylation is 1. The van der Waals surface area contributed by atoms with Crippen LogP contribution in [0.5, 0.6) is 0 Å². The van der Waals surface area contributed by atoms with Crippen molar-refractivity contribution in [2.75, 3.05) is 24.2 Å². The summed E-state index contributed by atoms with van der Waals surface area (Å²) in [5, 5.41) is 7.47. The van der Waals surface area contributed by atoms with E-state index in [1.54, 1.807) is 30.5 Å². The van der Waals surface area contributed by atoms with Crippen molar-refractivity contribution in [3.05, 3.63) is 65.9 Å². The molecule has 1 spiro atoms. The molecule has 14 nitrogen and oxygen atoms in total. The van der Waals surface area contributed by atoms with Gasteiger partial charge in [-0.3, -0.25) is 24.9 Å². The van der Waals surface area contributed by atoms with Crippen molar-refractivity contribution >= 4 is 44.5 Å². The van der Waals surface area contributed by atoms with E-state index in [0.29, 0.717) is 28.0 Å². The van der Waals surface area contributed by atoms with Gasteiger partial charge in [-0.25, -0.2) is 28.2 Å². The Morgan fingerprint density at radius 3 is 2.55 bits per heavy atom. The molecule has 0 aliphatic carbocycles. The predicted molar refractivity (Wildman–Crippen MR) is 160 cm³/mol. The molecular formula is C29H26F3N9O5S. The van der Waals surface area contributed by atoms with Crippen LogP contribution in [0.4, 0.5) is 23.9 Å². The lowest BCUT2D eigenvalue weighted by Crippen LogP contribution is -2.65. The number of carbonyl (C=O) groups is 3. The standard InChI is InChI=1S/C29H26F3N9O5S/c1-15-22(47(2,45)46)9-17(12-34-15)24(42)36-13-18-10-21-16(11-35-18)3-4-19(37-21)20-5-7-33-26(38-20)41-8-6-28(23(14-41)29(30,31)32)25(43)39-27(44)40-28/h3-5,7,9-12,23H,6,8,13-14H2,1-2H3,(H,36,42)(H2,39,40,43,44)/t23?,28-/m1/s1. The number of urea groups is 1. The molecule has 4 aromatic heterocycles. The number of hydrogen-bond acceptors (Lipinski definition) is 11. The van der Waals surface area contributed by atoms with E-state index >= 15 is 0 Å². The molecule has 47 heavy (non-hydrogen) atoms. The lowest BCUT2D eigenvalue weighted by Gasteiger charge is -2.44. The van der Waals surface area contributed by atoms with Crippen molar-refractivity contribution in [3.8, 4) is 11.4 Å². The van der Waals surface area contributed by atoms with Gasteiger partial charge in [0.1, 0.15) is 11.5 Å². The molecule has 4 aromatic rings. The molecule has 2 fully saturated rings. The number of imide groups is 1. The summed E-state index contributed by atoms with van der Waals surface area (Å²) in [6, 6.07) is 6.91. The van der Waals surface area contributed by atoms with Crippen LogP contribution in [0.1, 0.15) is 28.2 Å². The molecule has 0 saturated carbocycles. The molecular weight excluding hydrogens is 643 g/mol. The summed E-state index contributed by atoms with van der Waals surface area (Å²) in [6.45, 7) is 0.853. The number of nitrogens with one attached hydrogen (secondary N) is 3. The maximum absolute atomic E-state index is 14.1. The summed E-state index contributed by atoms with van der Waals surface area (Å²) in [5.74, 6) is -3.76. The topological polar surface area (TPSA) is 189 Å². The van der Waals surface area contributed by atoms with Crippen LogP contribution in [0.25, 0.3) is 22.3 Å². The molecule has 2 aliphatic rings. The molecule has 0 bridgehead atoms. The highest BCUT2D eigenvalue weighted by atomic mass is 32.2. The minimum atomic E-state index is -4.80. The monoisotopic (exact) mass is 669 g/mol. The second-order valence-electron chi connectivity index (χ2n) is 11.2. The fraction of sp³-hybridized carbons (Fsp3) is 0.310. The van der Waals surface area contributed by atoms with E-state index < -0.39 is 51.9 Å². The zero-order valence-corrected chi connectivity index (χ0v) is 25.6. The third kappa shape index (κ3) is 6.15. The SMILES string of the molecule is Cc1ncc(C(=O)NCc2cc3nc(-c4ccnc(N5CC[C@@]6(NC(=O)NC6=O)C(C(F)(F)F)C5)n4)ccc3cn2)cc1S(C)(=O)=O. The Hall–Kier alpha value is -5.26. The molecule has 244 valence electrons. The number of alkyl halides is 3. The molecule has 18 heteroatoms. The molecule has 2 atom stereocenters. The number of piperidine rings is 1. The number of rotatable bonds is 6. The second kappa shape index (κ2) is 11.5. The van der Waals surface area contributed by atoms with Gasteiger partial charge in [0.25, 0.3) is 11.8 Å². The average molecular weight is 670 g/mol. The van der Waals surface area contributed by atoms with Crippen molar-refractivity contribution < 1.29 is 36.0 Å². The minimum absolute atomic E-state index is 0.000911. The minimum Gasteiger partial charge on any atom is -0.346 e. The molecule has 6 rings (SSSR count). The number of nitrogens with zero attached hydrogens (tertiary/aromatic N) is 6. The van der Waals surface area contributed by atoms with Gasteiger partial charge in [0.15, 0.2) is 9.84 Å². The number of halogens is 3. The van der Waals surface area contributed by atoms with Crippen molar-refractivity contribution in [2.45, 2.75) is 36.5 Å². The first kappa shape index (κ1) is 31.7. The summed E-state index contributed by atoms with van der Waals surface area (Å²) in [6.07, 6.45) is 0.169. The maximum atomic E-state index is 14.1. The molecule has 1 unspecified atom stereocenters. The van der Waals surface area contributed by atoms with Gasteiger partial charge in [-0.2, -0.15) is 13.2 Å². The van der Waals surface area contributed by atoms with Gasteiger partial charge < -0.3 is 15.5 Å². The van der Waals surface area contributed by atoms with Gasteiger partial charge >= 0.3 is 12.2 Å². The number of hydrogen-bond donors (Lipinski definition) is 3. The van der Waals surface area contributed by atoms with Gasteiger partial charge in [0.05, 0.1) is 45.3 Å². The molecule has 2 aliphatic heterocycles. The zero-order chi connectivity index (χ0) is 33.7. The van der Waals surface area contributed by atoms with Crippen molar-refractivity contribution in [3.63, 3.8) is 0 Å². The molecule has 2 saturated heterocycles. The smallest absolute Gasteiger partial charge is 0.346 e. The first-order chi connectivity index (χ1) is 22.1. The van der Waals surface area contributed by atoms with Crippen LogP contribution in [-0.2, 0) is 21.2 Å². The van der Waals surface area contributed by atoms with Crippen molar-refractivity contribution in [1.29, 1.82) is 0 Å². The van der Waals surface area contributed by atoms with E-state index in [1.807, 2.05) is 5.32 Å². The van der Waals surface area contributed by atoms with Gasteiger partial charge in [0.2, 0.25) is 5.95 Å². The number of pyridine rings is 3. The zero-order valence-electron chi connectivity index (χ0n) is 24.8. The normalized spacial score (nSPS) is 19.9. The Kier molecular flexibility index (Phi) is 7.77. The van der Waals surface area contributed by atoms with Gasteiger partial charge in [-0.1, -0.05) is 0 Å². The first-order valence-electron chi connectivity index (χ1n) is 14.1. The third-order valence-electron chi connectivity index (χ3n) is 8.09. The van der Waals surface area contributed by atoms with E-state index in [-0.39, 0.29) is 41.6 Å². The highest BCUT2D eigenvalue weighted by Crippen LogP contribution is 2.42. The van der Waals surface area contributed by atoms with Crippen LogP contribution in [0, 0.1) is 12.8 Å². The van der Waals surface area contributed by atoms with Crippen molar-refractivity contribution in [2.24, 2.45) is 5.92 Å². The summed E-state index contributed by atoms with van der Waals surface area (Å²) >= 11 is 0. The number of aromatic nitrogens is 5. The fourth-order valence-corrected chi connectivity index (χ4v) is 6.60. The summed E-state index contributed by atoms with van der Waals surface area (Å²) in [7, 11) is -3.58. The Labute approximate surface area is 265 Å². The van der Waals surface area contributed by atoms with Gasteiger partial charge in [0, 0.05) is 43.3 Å². The van der Waals surface area contributed by atoms with Crippen LogP contribution in [0.15, 0.2) is 53.8 Å². The largest absolute Gasteiger partial charge is 0.396 e. The number of anilines is 1.